The maximum atomic E-state index is 8.77. The van der Waals surface area contributed by atoms with Crippen LogP contribution in [0.3, 0.4) is 0 Å². The average molecular weight is 204 g/mol. The van der Waals surface area contributed by atoms with Crippen LogP contribution < -0.4 is 0 Å². The molecule has 0 aliphatic rings. The lowest BCUT2D eigenvalue weighted by atomic mass is 9.96. The topological polar surface area (TPSA) is 20.2 Å². The molecule has 0 fully saturated rings. The number of hydrogen-bond acceptors (Lipinski definition) is 1. The van der Waals surface area contributed by atoms with Crippen molar-refractivity contribution in [1.82, 2.24) is 0 Å². The van der Waals surface area contributed by atoms with E-state index >= 15 is 0 Å². The summed E-state index contributed by atoms with van der Waals surface area (Å²) in [6.07, 6.45) is 4.87. The number of aliphatic hydroxyl groups excluding tert-OH is 1. The Morgan fingerprint density at radius 1 is 1.33 bits per heavy atom. The third-order valence-corrected chi connectivity index (χ3v) is 2.33. The van der Waals surface area contributed by atoms with Gasteiger partial charge in [-0.2, -0.15) is 0 Å². The predicted molar refractivity (Wildman–Crippen MR) is 65.8 cm³/mol. The standard InChI is InChI=1S/C14H20O/c1-11(2)9-14-10-12(3)6-7-13(14)5-4-8-15/h4-7,10-11,15H,8-9H2,1-3H3. The maximum absolute atomic E-state index is 8.77. The van der Waals surface area contributed by atoms with E-state index in [2.05, 4.69) is 39.0 Å². The molecule has 0 spiro atoms. The molecule has 15 heavy (non-hydrogen) atoms. The minimum absolute atomic E-state index is 0.106. The third-order valence-electron chi connectivity index (χ3n) is 2.33. The molecule has 0 bridgehead atoms. The van der Waals surface area contributed by atoms with Gasteiger partial charge in [0.05, 0.1) is 6.61 Å². The summed E-state index contributed by atoms with van der Waals surface area (Å²) in [4.78, 5) is 0. The molecule has 0 aliphatic heterocycles. The average Bonchev–Trinajstić information content (AvgIpc) is 2.16. The van der Waals surface area contributed by atoms with Crippen molar-refractivity contribution in [3.05, 3.63) is 41.0 Å². The van der Waals surface area contributed by atoms with Gasteiger partial charge in [-0.3, -0.25) is 0 Å². The highest BCUT2D eigenvalue weighted by molar-refractivity contribution is 5.54. The highest BCUT2D eigenvalue weighted by Crippen LogP contribution is 2.17. The van der Waals surface area contributed by atoms with Crippen molar-refractivity contribution >= 4 is 6.08 Å². The minimum atomic E-state index is 0.106. The third kappa shape index (κ3) is 3.88. The van der Waals surface area contributed by atoms with Crippen LogP contribution in [0.1, 0.15) is 30.5 Å². The summed E-state index contributed by atoms with van der Waals surface area (Å²) < 4.78 is 0. The Bertz CT molecular complexity index is 337. The smallest absolute Gasteiger partial charge is 0.0615 e. The van der Waals surface area contributed by atoms with Crippen LogP contribution in [0.5, 0.6) is 0 Å². The van der Waals surface area contributed by atoms with Gasteiger partial charge in [-0.25, -0.2) is 0 Å². The van der Waals surface area contributed by atoms with E-state index in [4.69, 9.17) is 5.11 Å². The number of rotatable bonds is 4. The molecule has 1 rings (SSSR count). The molecule has 0 saturated carbocycles. The fourth-order valence-electron chi connectivity index (χ4n) is 1.69. The van der Waals surface area contributed by atoms with Crippen molar-refractivity contribution in [3.8, 4) is 0 Å². The minimum Gasteiger partial charge on any atom is -0.392 e. The zero-order valence-corrected chi connectivity index (χ0v) is 9.83. The van der Waals surface area contributed by atoms with Crippen LogP contribution in [-0.2, 0) is 6.42 Å². The van der Waals surface area contributed by atoms with E-state index in [0.717, 1.165) is 6.42 Å². The van der Waals surface area contributed by atoms with Gasteiger partial charge in [0.1, 0.15) is 0 Å². The molecule has 1 heteroatoms. The first-order valence-electron chi connectivity index (χ1n) is 5.50. The number of benzene rings is 1. The van der Waals surface area contributed by atoms with E-state index in [1.54, 1.807) is 6.08 Å². The van der Waals surface area contributed by atoms with Crippen LogP contribution in [0.25, 0.3) is 6.08 Å². The van der Waals surface area contributed by atoms with E-state index in [0.29, 0.717) is 5.92 Å². The monoisotopic (exact) mass is 204 g/mol. The Labute approximate surface area is 92.5 Å². The largest absolute Gasteiger partial charge is 0.392 e. The van der Waals surface area contributed by atoms with Crippen molar-refractivity contribution in [2.45, 2.75) is 27.2 Å². The number of aliphatic hydroxyl groups is 1. The van der Waals surface area contributed by atoms with Crippen LogP contribution >= 0.6 is 0 Å². The molecule has 1 nitrogen and oxygen atoms in total. The van der Waals surface area contributed by atoms with Gasteiger partial charge in [0.2, 0.25) is 0 Å². The van der Waals surface area contributed by atoms with E-state index < -0.39 is 0 Å². The molecule has 0 atom stereocenters. The van der Waals surface area contributed by atoms with Crippen molar-refractivity contribution in [1.29, 1.82) is 0 Å². The van der Waals surface area contributed by atoms with Crippen LogP contribution in [0.15, 0.2) is 24.3 Å². The second-order valence-corrected chi connectivity index (χ2v) is 4.39. The highest BCUT2D eigenvalue weighted by atomic mass is 16.2. The first kappa shape index (κ1) is 12.0. The fraction of sp³-hybridized carbons (Fsp3) is 0.429. The summed E-state index contributed by atoms with van der Waals surface area (Å²) >= 11 is 0. The van der Waals surface area contributed by atoms with Gasteiger partial charge >= 0.3 is 0 Å². The molecule has 0 amide bonds. The summed E-state index contributed by atoms with van der Waals surface area (Å²) in [5.41, 5.74) is 3.89. The van der Waals surface area contributed by atoms with Crippen LogP contribution in [0.4, 0.5) is 0 Å². The zero-order chi connectivity index (χ0) is 11.3. The summed E-state index contributed by atoms with van der Waals surface area (Å²) in [6, 6.07) is 6.47. The molecule has 0 heterocycles. The number of aryl methyl sites for hydroxylation is 1. The molecule has 0 aromatic heterocycles. The predicted octanol–water partition coefficient (Wildman–Crippen LogP) is 3.20. The lowest BCUT2D eigenvalue weighted by Gasteiger charge is -2.10. The first-order chi connectivity index (χ1) is 7.13. The van der Waals surface area contributed by atoms with Gasteiger partial charge in [-0.1, -0.05) is 49.8 Å². The molecule has 0 aliphatic carbocycles. The van der Waals surface area contributed by atoms with E-state index in [9.17, 15) is 0 Å². The normalized spacial score (nSPS) is 11.5. The van der Waals surface area contributed by atoms with E-state index in [1.165, 1.54) is 16.7 Å². The van der Waals surface area contributed by atoms with Gasteiger partial charge in [0, 0.05) is 0 Å². The lowest BCUT2D eigenvalue weighted by Crippen LogP contribution is -1.97. The molecule has 1 aromatic rings. The Balaban J connectivity index is 2.97. The van der Waals surface area contributed by atoms with Gasteiger partial charge in [-0.15, -0.1) is 0 Å². The van der Waals surface area contributed by atoms with Crippen molar-refractivity contribution in [3.63, 3.8) is 0 Å². The molecule has 0 saturated heterocycles. The summed E-state index contributed by atoms with van der Waals surface area (Å²) in [5, 5.41) is 8.77. The molecule has 1 N–H and O–H groups in total. The van der Waals surface area contributed by atoms with Crippen LogP contribution in [-0.4, -0.2) is 11.7 Å². The fourth-order valence-corrected chi connectivity index (χ4v) is 1.69. The molecular formula is C14H20O. The Kier molecular flexibility index (Phi) is 4.57. The van der Waals surface area contributed by atoms with Crippen molar-refractivity contribution in [2.75, 3.05) is 6.61 Å². The van der Waals surface area contributed by atoms with Gasteiger partial charge in [0.25, 0.3) is 0 Å². The van der Waals surface area contributed by atoms with Gasteiger partial charge < -0.3 is 5.11 Å². The summed E-state index contributed by atoms with van der Waals surface area (Å²) in [5.74, 6) is 0.660. The zero-order valence-electron chi connectivity index (χ0n) is 9.83. The summed E-state index contributed by atoms with van der Waals surface area (Å²) in [7, 11) is 0. The van der Waals surface area contributed by atoms with Gasteiger partial charge in [-0.05, 0) is 30.4 Å². The van der Waals surface area contributed by atoms with Crippen molar-refractivity contribution in [2.24, 2.45) is 5.92 Å². The first-order valence-corrected chi connectivity index (χ1v) is 5.50. The highest BCUT2D eigenvalue weighted by Gasteiger charge is 2.02. The van der Waals surface area contributed by atoms with Crippen LogP contribution in [0, 0.1) is 12.8 Å². The molecule has 0 unspecified atom stereocenters. The molecule has 82 valence electrons. The molecular weight excluding hydrogens is 184 g/mol. The van der Waals surface area contributed by atoms with Gasteiger partial charge in [0.15, 0.2) is 0 Å². The maximum Gasteiger partial charge on any atom is 0.0615 e. The van der Waals surface area contributed by atoms with E-state index in [-0.39, 0.29) is 6.61 Å². The Hall–Kier alpha value is -1.08. The van der Waals surface area contributed by atoms with Crippen LogP contribution in [0.2, 0.25) is 0 Å². The molecule has 0 radical (unpaired) electrons. The Morgan fingerprint density at radius 2 is 2.07 bits per heavy atom. The second kappa shape index (κ2) is 5.72. The molecule has 1 aromatic carbocycles. The lowest BCUT2D eigenvalue weighted by molar-refractivity contribution is 0.343. The van der Waals surface area contributed by atoms with E-state index in [1.807, 2.05) is 6.08 Å². The SMILES string of the molecule is Cc1ccc(C=CCO)c(CC(C)C)c1. The number of hydrogen-bond donors (Lipinski definition) is 1. The summed E-state index contributed by atoms with van der Waals surface area (Å²) in [6.45, 7) is 6.67. The quantitative estimate of drug-likeness (QED) is 0.798. The van der Waals surface area contributed by atoms with Crippen molar-refractivity contribution < 1.29 is 5.11 Å². The second-order valence-electron chi connectivity index (χ2n) is 4.39. The Morgan fingerprint density at radius 3 is 2.67 bits per heavy atom.